The number of aliphatic imine (C=N–C) groups is 1. The van der Waals surface area contributed by atoms with E-state index in [0.717, 1.165) is 29.9 Å². The molecule has 23 heavy (non-hydrogen) atoms. The number of hydrogen-bond acceptors (Lipinski definition) is 6. The van der Waals surface area contributed by atoms with E-state index in [1.54, 1.807) is 7.11 Å². The van der Waals surface area contributed by atoms with Gasteiger partial charge in [-0.15, -0.1) is 0 Å². The highest BCUT2D eigenvalue weighted by Crippen LogP contribution is 2.18. The van der Waals surface area contributed by atoms with Crippen molar-refractivity contribution in [3.63, 3.8) is 0 Å². The Kier molecular flexibility index (Phi) is 8.08. The number of rotatable bonds is 9. The summed E-state index contributed by atoms with van der Waals surface area (Å²) in [6.45, 7) is 9.01. The average Bonchev–Trinajstić information content (AvgIpc) is 2.53. The second-order valence-electron chi connectivity index (χ2n) is 5.44. The van der Waals surface area contributed by atoms with Gasteiger partial charge >= 0.3 is 0 Å². The normalized spacial score (nSPS) is 12.5. The maximum absolute atomic E-state index is 5.30. The summed E-state index contributed by atoms with van der Waals surface area (Å²) in [5, 5.41) is 6.65. The van der Waals surface area contributed by atoms with E-state index in [0.29, 0.717) is 18.4 Å². The van der Waals surface area contributed by atoms with Crippen LogP contribution in [0.5, 0.6) is 5.88 Å². The predicted octanol–water partition coefficient (Wildman–Crippen LogP) is 3.13. The molecule has 0 aromatic carbocycles. The van der Waals surface area contributed by atoms with E-state index in [1.807, 2.05) is 13.1 Å². The molecule has 0 fully saturated rings. The Morgan fingerprint density at radius 2 is 2.09 bits per heavy atom. The van der Waals surface area contributed by atoms with Crippen molar-refractivity contribution < 1.29 is 4.74 Å². The van der Waals surface area contributed by atoms with Crippen molar-refractivity contribution in [1.29, 1.82) is 0 Å². The molecule has 1 aromatic rings. The van der Waals surface area contributed by atoms with Crippen LogP contribution in [-0.4, -0.2) is 42.4 Å². The van der Waals surface area contributed by atoms with Gasteiger partial charge in [0.05, 0.1) is 25.0 Å². The van der Waals surface area contributed by atoms with Gasteiger partial charge in [-0.05, 0) is 26.7 Å². The van der Waals surface area contributed by atoms with E-state index < -0.39 is 0 Å². The molecule has 0 aliphatic rings. The van der Waals surface area contributed by atoms with E-state index in [4.69, 9.17) is 4.74 Å². The topological polar surface area (TPSA) is 71.4 Å². The molecule has 0 atom stereocenters. The van der Waals surface area contributed by atoms with Crippen LogP contribution in [0.15, 0.2) is 17.1 Å². The maximum Gasteiger partial charge on any atom is 0.226 e. The second-order valence-corrected chi connectivity index (χ2v) is 5.44. The van der Waals surface area contributed by atoms with Crippen LogP contribution in [0.25, 0.3) is 5.70 Å². The number of anilines is 1. The van der Waals surface area contributed by atoms with Crippen LogP contribution in [0.3, 0.4) is 0 Å². The lowest BCUT2D eigenvalue weighted by molar-refractivity contribution is 0.397. The highest BCUT2D eigenvalue weighted by Gasteiger charge is 2.10. The van der Waals surface area contributed by atoms with Gasteiger partial charge in [0.1, 0.15) is 0 Å². The van der Waals surface area contributed by atoms with Gasteiger partial charge in [-0.25, -0.2) is 4.98 Å². The Morgan fingerprint density at radius 1 is 1.35 bits per heavy atom. The number of methoxy groups -OCH3 is 1. The summed E-state index contributed by atoms with van der Waals surface area (Å²) in [7, 11) is 3.43. The fourth-order valence-electron chi connectivity index (χ4n) is 2.02. The van der Waals surface area contributed by atoms with Gasteiger partial charge in [-0.2, -0.15) is 4.98 Å². The molecule has 0 saturated carbocycles. The third-order valence-electron chi connectivity index (χ3n) is 3.22. The number of allylic oxidation sites excluding steroid dienone is 1. The molecule has 0 bridgehead atoms. The predicted molar refractivity (Wildman–Crippen MR) is 97.3 cm³/mol. The fraction of sp³-hybridized carbons (Fsp3) is 0.588. The summed E-state index contributed by atoms with van der Waals surface area (Å²) >= 11 is 0. The summed E-state index contributed by atoms with van der Waals surface area (Å²) < 4.78 is 5.30. The first-order valence-electron chi connectivity index (χ1n) is 8.12. The van der Waals surface area contributed by atoms with Crippen LogP contribution >= 0.6 is 0 Å². The van der Waals surface area contributed by atoms with Crippen LogP contribution in [0.4, 0.5) is 5.95 Å². The lowest BCUT2D eigenvalue weighted by Gasteiger charge is -2.15. The van der Waals surface area contributed by atoms with Gasteiger partial charge < -0.3 is 15.4 Å². The Bertz CT molecular complexity index is 552. The molecule has 0 unspecified atom stereocenters. The fourth-order valence-corrected chi connectivity index (χ4v) is 2.02. The molecule has 1 rings (SSSR count). The molecule has 0 saturated heterocycles. The second kappa shape index (κ2) is 9.82. The summed E-state index contributed by atoms with van der Waals surface area (Å²) in [6.07, 6.45) is 3.95. The smallest absolute Gasteiger partial charge is 0.226 e. The first-order valence-corrected chi connectivity index (χ1v) is 8.12. The molecule has 0 spiro atoms. The van der Waals surface area contributed by atoms with Crippen molar-refractivity contribution in [3.05, 3.63) is 17.8 Å². The van der Waals surface area contributed by atoms with E-state index in [-0.39, 0.29) is 6.04 Å². The summed E-state index contributed by atoms with van der Waals surface area (Å²) in [6, 6.07) is 2.09. The molecular formula is C17H29N5O. The molecule has 0 aliphatic heterocycles. The van der Waals surface area contributed by atoms with Crippen molar-refractivity contribution in [2.24, 2.45) is 4.99 Å². The van der Waals surface area contributed by atoms with Gasteiger partial charge in [0.25, 0.3) is 0 Å². The number of aromatic nitrogens is 2. The quantitative estimate of drug-likeness (QED) is 0.684. The Hall–Kier alpha value is -2.11. The van der Waals surface area contributed by atoms with E-state index >= 15 is 0 Å². The molecular weight excluding hydrogens is 290 g/mol. The standard InChI is InChI=1S/C17H29N5O/c1-7-9-14(19-11-13(8-2)18-5)15-10-16(23-6)22-17(21-15)20-12(3)4/h9-10,12,19H,7-8,11H2,1-6H3,(H,20,21,22)/b14-9-,18-13?. The Morgan fingerprint density at radius 3 is 2.61 bits per heavy atom. The minimum absolute atomic E-state index is 0.250. The molecule has 2 N–H and O–H groups in total. The van der Waals surface area contributed by atoms with Crippen LogP contribution in [0.1, 0.15) is 46.2 Å². The summed E-state index contributed by atoms with van der Waals surface area (Å²) in [4.78, 5) is 13.2. The van der Waals surface area contributed by atoms with Crippen molar-refractivity contribution in [3.8, 4) is 5.88 Å². The molecule has 0 radical (unpaired) electrons. The van der Waals surface area contributed by atoms with Crippen molar-refractivity contribution in [2.75, 3.05) is 26.0 Å². The van der Waals surface area contributed by atoms with Crippen LogP contribution in [-0.2, 0) is 0 Å². The Balaban J connectivity index is 3.08. The van der Waals surface area contributed by atoms with Gasteiger partial charge in [0.15, 0.2) is 0 Å². The lowest BCUT2D eigenvalue weighted by atomic mass is 10.2. The highest BCUT2D eigenvalue weighted by atomic mass is 16.5. The highest BCUT2D eigenvalue weighted by molar-refractivity contribution is 5.87. The third-order valence-corrected chi connectivity index (χ3v) is 3.22. The molecule has 6 nitrogen and oxygen atoms in total. The Labute approximate surface area is 139 Å². The summed E-state index contributed by atoms with van der Waals surface area (Å²) in [5.41, 5.74) is 2.90. The number of nitrogens with one attached hydrogen (secondary N) is 2. The van der Waals surface area contributed by atoms with Gasteiger partial charge in [0, 0.05) is 24.9 Å². The molecule has 1 aromatic heterocycles. The molecule has 128 valence electrons. The minimum atomic E-state index is 0.250. The van der Waals surface area contributed by atoms with E-state index in [1.165, 1.54) is 0 Å². The van der Waals surface area contributed by atoms with Gasteiger partial charge in [-0.1, -0.05) is 19.9 Å². The van der Waals surface area contributed by atoms with Crippen LogP contribution in [0.2, 0.25) is 0 Å². The first kappa shape index (κ1) is 18.9. The van der Waals surface area contributed by atoms with Gasteiger partial charge in [-0.3, -0.25) is 4.99 Å². The average molecular weight is 319 g/mol. The largest absolute Gasteiger partial charge is 0.481 e. The zero-order chi connectivity index (χ0) is 17.2. The third kappa shape index (κ3) is 6.26. The maximum atomic E-state index is 5.30. The number of hydrogen-bond donors (Lipinski definition) is 2. The molecule has 1 heterocycles. The van der Waals surface area contributed by atoms with Crippen molar-refractivity contribution in [2.45, 2.75) is 46.6 Å². The SMILES string of the molecule is CC/C=C(\NCC(CC)=NC)c1cc(OC)nc(NC(C)C)n1. The zero-order valence-electron chi connectivity index (χ0n) is 15.1. The molecule has 6 heteroatoms. The lowest BCUT2D eigenvalue weighted by Crippen LogP contribution is -2.22. The van der Waals surface area contributed by atoms with Crippen molar-refractivity contribution >= 4 is 17.4 Å². The number of nitrogens with zero attached hydrogens (tertiary/aromatic N) is 3. The van der Waals surface area contributed by atoms with Gasteiger partial charge in [0.2, 0.25) is 11.8 Å². The minimum Gasteiger partial charge on any atom is -0.481 e. The monoisotopic (exact) mass is 319 g/mol. The molecule has 0 aliphatic carbocycles. The van der Waals surface area contributed by atoms with Crippen LogP contribution in [0, 0.1) is 0 Å². The van der Waals surface area contributed by atoms with E-state index in [9.17, 15) is 0 Å². The molecule has 0 amide bonds. The van der Waals surface area contributed by atoms with Crippen molar-refractivity contribution in [1.82, 2.24) is 15.3 Å². The van der Waals surface area contributed by atoms with Crippen LogP contribution < -0.4 is 15.4 Å². The first-order chi connectivity index (χ1) is 11.0. The van der Waals surface area contributed by atoms with E-state index in [2.05, 4.69) is 59.4 Å². The summed E-state index contributed by atoms with van der Waals surface area (Å²) in [5.74, 6) is 1.11. The number of ether oxygens (including phenoxy) is 1. The zero-order valence-corrected chi connectivity index (χ0v) is 15.1.